The molecule has 0 fully saturated rings. The highest BCUT2D eigenvalue weighted by molar-refractivity contribution is 7.13. The Hall–Kier alpha value is -4.23. The molecule has 0 amide bonds. The minimum atomic E-state index is 0.854. The monoisotopic (exact) mass is 462 g/mol. The molecular weight excluding hydrogens is 440 g/mol. The zero-order chi connectivity index (χ0) is 23.1. The van der Waals surface area contributed by atoms with Crippen LogP contribution in [0.5, 0.6) is 0 Å². The van der Waals surface area contributed by atoms with Crippen molar-refractivity contribution in [1.29, 1.82) is 0 Å². The van der Waals surface area contributed by atoms with Gasteiger partial charge in [0.2, 0.25) is 0 Å². The number of nitrogens with one attached hydrogen (secondary N) is 3. The van der Waals surface area contributed by atoms with E-state index in [1.807, 2.05) is 18.6 Å². The van der Waals surface area contributed by atoms with Crippen molar-refractivity contribution in [2.24, 2.45) is 0 Å². The third kappa shape index (κ3) is 3.56. The van der Waals surface area contributed by atoms with Crippen molar-refractivity contribution < 1.29 is 0 Å². The topological polar surface area (TPSA) is 82.3 Å². The molecule has 0 atom stereocenters. The fourth-order valence-electron chi connectivity index (χ4n) is 4.16. The molecule has 34 heavy (non-hydrogen) atoms. The molecule has 7 heteroatoms. The van der Waals surface area contributed by atoms with E-state index in [4.69, 9.17) is 0 Å². The van der Waals surface area contributed by atoms with Crippen LogP contribution in [-0.4, -0.2) is 25.1 Å². The minimum absolute atomic E-state index is 0.854. The van der Waals surface area contributed by atoms with Crippen molar-refractivity contribution in [3.63, 3.8) is 0 Å². The van der Waals surface area contributed by atoms with Crippen molar-refractivity contribution in [3.05, 3.63) is 84.8 Å². The summed E-state index contributed by atoms with van der Waals surface area (Å²) in [5, 5.41) is 15.3. The maximum atomic E-state index is 4.64. The number of allylic oxidation sites excluding steroid dienone is 1. The summed E-state index contributed by atoms with van der Waals surface area (Å²) in [5.41, 5.74) is 8.80. The Labute approximate surface area is 200 Å². The maximum Gasteiger partial charge on any atom is 0.138 e. The van der Waals surface area contributed by atoms with Crippen LogP contribution in [0.3, 0.4) is 0 Å². The Balaban J connectivity index is 1.43. The first-order valence-corrected chi connectivity index (χ1v) is 12.0. The van der Waals surface area contributed by atoms with Crippen LogP contribution in [0.2, 0.25) is 0 Å². The zero-order valence-corrected chi connectivity index (χ0v) is 19.4. The maximum absolute atomic E-state index is 4.64. The smallest absolute Gasteiger partial charge is 0.138 e. The highest BCUT2D eigenvalue weighted by Gasteiger charge is 2.15. The number of benzene rings is 1. The lowest BCUT2D eigenvalue weighted by Crippen LogP contribution is -1.97. The summed E-state index contributed by atoms with van der Waals surface area (Å²) >= 11 is 1.73. The second kappa shape index (κ2) is 8.28. The lowest BCUT2D eigenvalue weighted by Gasteiger charge is -2.09. The molecule has 5 heterocycles. The standard InChI is InChI=1S/C27H22N6S/c1-3-16(2)30-19-11-18(14-28-15-19)17-6-7-23-22(12-17)26(33-32-23)24-13-21-20(25-5-4-10-34-25)8-9-29-27(21)31-24/h4-15,30H,2-3H2,1H3,(H,29,31)(H,32,33). The van der Waals surface area contributed by atoms with Gasteiger partial charge in [-0.05, 0) is 53.8 Å². The highest BCUT2D eigenvalue weighted by atomic mass is 32.1. The van der Waals surface area contributed by atoms with Gasteiger partial charge in [0.25, 0.3) is 0 Å². The van der Waals surface area contributed by atoms with E-state index < -0.39 is 0 Å². The minimum Gasteiger partial charge on any atom is -0.358 e. The summed E-state index contributed by atoms with van der Waals surface area (Å²) in [5.74, 6) is 0. The second-order valence-electron chi connectivity index (χ2n) is 8.16. The van der Waals surface area contributed by atoms with Crippen LogP contribution >= 0.6 is 11.3 Å². The van der Waals surface area contributed by atoms with Gasteiger partial charge in [-0.1, -0.05) is 25.6 Å². The number of H-pyrrole nitrogens is 2. The van der Waals surface area contributed by atoms with Gasteiger partial charge in [-0.15, -0.1) is 11.3 Å². The number of fused-ring (bicyclic) bond motifs is 2. The van der Waals surface area contributed by atoms with Crippen LogP contribution in [-0.2, 0) is 0 Å². The average molecular weight is 463 g/mol. The molecule has 0 saturated carbocycles. The summed E-state index contributed by atoms with van der Waals surface area (Å²) in [6, 6.07) is 16.8. The molecule has 0 radical (unpaired) electrons. The van der Waals surface area contributed by atoms with Crippen molar-refractivity contribution in [2.45, 2.75) is 13.3 Å². The summed E-state index contributed by atoms with van der Waals surface area (Å²) in [6.45, 7) is 6.10. The number of hydrogen-bond acceptors (Lipinski definition) is 5. The quantitative estimate of drug-likeness (QED) is 0.244. The Bertz CT molecular complexity index is 1640. The van der Waals surface area contributed by atoms with Gasteiger partial charge in [-0.2, -0.15) is 5.10 Å². The van der Waals surface area contributed by atoms with Gasteiger partial charge in [0.15, 0.2) is 0 Å². The average Bonchev–Trinajstić information content (AvgIpc) is 3.62. The first-order valence-electron chi connectivity index (χ1n) is 11.1. The van der Waals surface area contributed by atoms with Gasteiger partial charge in [0.05, 0.1) is 23.1 Å². The van der Waals surface area contributed by atoms with E-state index >= 15 is 0 Å². The van der Waals surface area contributed by atoms with Crippen LogP contribution < -0.4 is 5.32 Å². The number of pyridine rings is 2. The molecule has 0 aliphatic rings. The first kappa shape index (κ1) is 20.4. The summed E-state index contributed by atoms with van der Waals surface area (Å²) in [6.07, 6.45) is 6.40. The molecule has 6 aromatic rings. The zero-order valence-electron chi connectivity index (χ0n) is 18.6. The molecule has 0 saturated heterocycles. The van der Waals surface area contributed by atoms with Crippen LogP contribution in [0.1, 0.15) is 13.3 Å². The van der Waals surface area contributed by atoms with E-state index in [2.05, 4.69) is 97.9 Å². The predicted molar refractivity (Wildman–Crippen MR) is 141 cm³/mol. The van der Waals surface area contributed by atoms with Crippen LogP contribution in [0.15, 0.2) is 84.8 Å². The Kier molecular flexibility index (Phi) is 4.96. The molecular formula is C27H22N6S. The predicted octanol–water partition coefficient (Wildman–Crippen LogP) is 7.23. The third-order valence-electron chi connectivity index (χ3n) is 5.96. The number of aromatic nitrogens is 5. The molecule has 5 aromatic heterocycles. The first-order chi connectivity index (χ1) is 16.7. The second-order valence-corrected chi connectivity index (χ2v) is 9.11. The number of anilines is 1. The number of rotatable bonds is 6. The molecule has 166 valence electrons. The summed E-state index contributed by atoms with van der Waals surface area (Å²) in [7, 11) is 0. The van der Waals surface area contributed by atoms with E-state index in [-0.39, 0.29) is 0 Å². The Morgan fingerprint density at radius 2 is 2.00 bits per heavy atom. The molecule has 6 nitrogen and oxygen atoms in total. The van der Waals surface area contributed by atoms with Crippen molar-refractivity contribution in [1.82, 2.24) is 25.1 Å². The van der Waals surface area contributed by atoms with Gasteiger partial charge in [0.1, 0.15) is 11.3 Å². The summed E-state index contributed by atoms with van der Waals surface area (Å²) in [4.78, 5) is 13.7. The van der Waals surface area contributed by atoms with Crippen molar-refractivity contribution in [3.8, 4) is 33.0 Å². The molecule has 0 aliphatic heterocycles. The molecule has 0 bridgehead atoms. The molecule has 1 aromatic carbocycles. The number of aromatic amines is 2. The number of nitrogens with zero attached hydrogens (tertiary/aromatic N) is 3. The van der Waals surface area contributed by atoms with Gasteiger partial charge in [-0.25, -0.2) is 4.98 Å². The van der Waals surface area contributed by atoms with Crippen LogP contribution in [0, 0.1) is 0 Å². The van der Waals surface area contributed by atoms with E-state index in [1.54, 1.807) is 11.3 Å². The molecule has 0 spiro atoms. The lowest BCUT2D eigenvalue weighted by molar-refractivity contribution is 1.11. The lowest BCUT2D eigenvalue weighted by atomic mass is 10.0. The molecule has 6 rings (SSSR count). The van der Waals surface area contributed by atoms with E-state index in [9.17, 15) is 0 Å². The van der Waals surface area contributed by atoms with Crippen LogP contribution in [0.4, 0.5) is 5.69 Å². The summed E-state index contributed by atoms with van der Waals surface area (Å²) < 4.78 is 0. The van der Waals surface area contributed by atoms with Gasteiger partial charge < -0.3 is 10.3 Å². The fourth-order valence-corrected chi connectivity index (χ4v) is 4.92. The van der Waals surface area contributed by atoms with Gasteiger partial charge >= 0.3 is 0 Å². The van der Waals surface area contributed by atoms with E-state index in [1.165, 1.54) is 10.4 Å². The Morgan fingerprint density at radius 1 is 1.06 bits per heavy atom. The largest absolute Gasteiger partial charge is 0.358 e. The number of hydrogen-bond donors (Lipinski definition) is 3. The van der Waals surface area contributed by atoms with E-state index in [0.717, 1.165) is 62.3 Å². The normalized spacial score (nSPS) is 11.3. The third-order valence-corrected chi connectivity index (χ3v) is 6.86. The van der Waals surface area contributed by atoms with Gasteiger partial charge in [0, 0.05) is 44.9 Å². The highest BCUT2D eigenvalue weighted by Crippen LogP contribution is 2.36. The number of thiophene rings is 1. The molecule has 0 aliphatic carbocycles. The van der Waals surface area contributed by atoms with Crippen molar-refractivity contribution >= 4 is 39.0 Å². The van der Waals surface area contributed by atoms with Crippen LogP contribution in [0.25, 0.3) is 54.9 Å². The van der Waals surface area contributed by atoms with Crippen molar-refractivity contribution in [2.75, 3.05) is 5.32 Å². The Morgan fingerprint density at radius 3 is 2.85 bits per heavy atom. The molecule has 3 N–H and O–H groups in total. The molecule has 0 unspecified atom stereocenters. The van der Waals surface area contributed by atoms with E-state index in [0.29, 0.717) is 0 Å². The van der Waals surface area contributed by atoms with Gasteiger partial charge in [-0.3, -0.25) is 10.1 Å². The fraction of sp³-hybridized carbons (Fsp3) is 0.0741. The SMILES string of the molecule is C=C(CC)Nc1cncc(-c2ccc3[nH]nc(-c4cc5c(-c6cccs6)ccnc5[nH]4)c3c2)c1.